The summed E-state index contributed by atoms with van der Waals surface area (Å²) in [6.45, 7) is 0.234. The van der Waals surface area contributed by atoms with Gasteiger partial charge in [0.25, 0.3) is 0 Å². The largest absolute Gasteiger partial charge is 0.448 e. The van der Waals surface area contributed by atoms with Crippen LogP contribution in [0, 0.1) is 0 Å². The quantitative estimate of drug-likeness (QED) is 0.379. The summed E-state index contributed by atoms with van der Waals surface area (Å²) in [5.74, 6) is -0.00167. The van der Waals surface area contributed by atoms with Gasteiger partial charge in [-0.05, 0) is 28.3 Å². The molecule has 1 aromatic heterocycles. The highest BCUT2D eigenvalue weighted by Gasteiger charge is 2.29. The Morgan fingerprint density at radius 3 is 2.19 bits per heavy atom. The lowest BCUT2D eigenvalue weighted by atomic mass is 9.98. The summed E-state index contributed by atoms with van der Waals surface area (Å²) < 4.78 is 5.57. The molecule has 3 N–H and O–H groups in total. The smallest absolute Gasteiger partial charge is 0.413 e. The van der Waals surface area contributed by atoms with E-state index in [1.165, 1.54) is 22.5 Å². The third kappa shape index (κ3) is 3.65. The average Bonchev–Trinajstić information content (AvgIpc) is 3.30. The first kappa shape index (κ1) is 19.6. The van der Waals surface area contributed by atoms with E-state index in [1.54, 1.807) is 6.07 Å². The molecule has 4 aromatic rings. The Hall–Kier alpha value is -3.35. The molecular formula is C24H18ClN3O2S. The molecule has 0 fully saturated rings. The third-order valence-electron chi connectivity index (χ3n) is 5.34. The first-order valence-corrected chi connectivity index (χ1v) is 10.9. The van der Waals surface area contributed by atoms with Crippen LogP contribution in [0.2, 0.25) is 5.02 Å². The molecule has 0 atom stereocenters. The highest BCUT2D eigenvalue weighted by molar-refractivity contribution is 7.20. The summed E-state index contributed by atoms with van der Waals surface area (Å²) in [4.78, 5) is 16.9. The molecule has 0 spiro atoms. The number of nitrogens with zero attached hydrogens (tertiary/aromatic N) is 1. The number of carbonyl (C=O) groups excluding carboxylic acids is 1. The number of nitrogens with one attached hydrogen (secondary N) is 1. The van der Waals surface area contributed by atoms with E-state index in [4.69, 9.17) is 22.1 Å². The van der Waals surface area contributed by atoms with Crippen LogP contribution in [0.3, 0.4) is 0 Å². The zero-order chi connectivity index (χ0) is 21.4. The summed E-state index contributed by atoms with van der Waals surface area (Å²) >= 11 is 7.43. The van der Waals surface area contributed by atoms with Crippen LogP contribution in [-0.2, 0) is 4.74 Å². The molecule has 1 aliphatic carbocycles. The van der Waals surface area contributed by atoms with Crippen LogP contribution >= 0.6 is 22.9 Å². The molecule has 0 aliphatic heterocycles. The van der Waals surface area contributed by atoms with Crippen LogP contribution in [0.25, 0.3) is 22.4 Å². The number of rotatable bonds is 4. The minimum Gasteiger partial charge on any atom is -0.448 e. The van der Waals surface area contributed by atoms with E-state index in [-0.39, 0.29) is 12.5 Å². The van der Waals surface area contributed by atoms with Gasteiger partial charge in [-0.3, -0.25) is 5.32 Å². The molecule has 7 heteroatoms. The second kappa shape index (κ2) is 8.06. The van der Waals surface area contributed by atoms with Gasteiger partial charge in [-0.15, -0.1) is 0 Å². The number of anilines is 2. The molecule has 5 nitrogen and oxygen atoms in total. The topological polar surface area (TPSA) is 77.2 Å². The maximum absolute atomic E-state index is 12.5. The lowest BCUT2D eigenvalue weighted by molar-refractivity contribution is 0.158. The lowest BCUT2D eigenvalue weighted by Gasteiger charge is -2.14. The number of ether oxygens (including phenoxy) is 1. The predicted molar refractivity (Wildman–Crippen MR) is 126 cm³/mol. The number of nitrogens with two attached hydrogens (primary N) is 1. The van der Waals surface area contributed by atoms with Crippen molar-refractivity contribution in [2.75, 3.05) is 17.7 Å². The van der Waals surface area contributed by atoms with Gasteiger partial charge in [-0.1, -0.05) is 89.7 Å². The summed E-state index contributed by atoms with van der Waals surface area (Å²) in [5.41, 5.74) is 12.1. The van der Waals surface area contributed by atoms with Crippen molar-refractivity contribution in [1.82, 2.24) is 4.98 Å². The molecule has 0 radical (unpaired) electrons. The van der Waals surface area contributed by atoms with Gasteiger partial charge in [0.1, 0.15) is 17.3 Å². The normalized spacial score (nSPS) is 12.3. The Balaban J connectivity index is 1.31. The number of benzene rings is 3. The van der Waals surface area contributed by atoms with Crippen molar-refractivity contribution < 1.29 is 9.53 Å². The monoisotopic (exact) mass is 447 g/mol. The van der Waals surface area contributed by atoms with Crippen LogP contribution in [0.4, 0.5) is 14.9 Å². The number of hydrogen-bond acceptors (Lipinski definition) is 5. The van der Waals surface area contributed by atoms with Crippen LogP contribution in [0.5, 0.6) is 0 Å². The van der Waals surface area contributed by atoms with Crippen molar-refractivity contribution in [2.24, 2.45) is 0 Å². The first-order chi connectivity index (χ1) is 15.1. The Morgan fingerprint density at radius 2 is 1.55 bits per heavy atom. The Morgan fingerprint density at radius 1 is 0.968 bits per heavy atom. The number of aromatic nitrogens is 1. The van der Waals surface area contributed by atoms with E-state index < -0.39 is 6.09 Å². The fraction of sp³-hybridized carbons (Fsp3) is 0.0833. The third-order valence-corrected chi connectivity index (χ3v) is 6.46. The molecule has 0 unspecified atom stereocenters. The molecule has 0 saturated heterocycles. The minimum atomic E-state index is -0.568. The second-order valence-corrected chi connectivity index (χ2v) is 8.60. The van der Waals surface area contributed by atoms with Gasteiger partial charge in [0.15, 0.2) is 5.13 Å². The highest BCUT2D eigenvalue weighted by atomic mass is 35.5. The van der Waals surface area contributed by atoms with E-state index in [2.05, 4.69) is 34.6 Å². The number of halogens is 1. The molecule has 0 bridgehead atoms. The summed E-state index contributed by atoms with van der Waals surface area (Å²) in [5, 5.41) is 4.08. The van der Waals surface area contributed by atoms with Gasteiger partial charge < -0.3 is 10.5 Å². The zero-order valence-corrected chi connectivity index (χ0v) is 17.9. The highest BCUT2D eigenvalue weighted by Crippen LogP contribution is 2.44. The number of thiazole rings is 1. The van der Waals surface area contributed by atoms with Crippen molar-refractivity contribution in [3.05, 3.63) is 88.9 Å². The summed E-state index contributed by atoms with van der Waals surface area (Å²) in [6.07, 6.45) is -0.568. The number of amides is 1. The van der Waals surface area contributed by atoms with E-state index in [0.717, 1.165) is 16.7 Å². The molecule has 1 heterocycles. The van der Waals surface area contributed by atoms with Gasteiger partial charge in [0, 0.05) is 11.5 Å². The molecule has 154 valence electrons. The number of nitrogen functional groups attached to an aromatic ring is 1. The van der Waals surface area contributed by atoms with E-state index in [9.17, 15) is 4.79 Å². The molecule has 5 rings (SSSR count). The first-order valence-electron chi connectivity index (χ1n) is 9.75. The number of carbonyl (C=O) groups is 1. The Labute approximate surface area is 188 Å². The predicted octanol–water partition coefficient (Wildman–Crippen LogP) is 6.41. The van der Waals surface area contributed by atoms with E-state index in [0.29, 0.717) is 20.8 Å². The molecule has 0 saturated carbocycles. The van der Waals surface area contributed by atoms with Crippen LogP contribution in [-0.4, -0.2) is 17.7 Å². The molecular weight excluding hydrogens is 430 g/mol. The van der Waals surface area contributed by atoms with Crippen molar-refractivity contribution in [1.29, 1.82) is 0 Å². The number of hydrogen-bond donors (Lipinski definition) is 2. The number of fused-ring (bicyclic) bond motifs is 3. The fourth-order valence-corrected chi connectivity index (χ4v) is 4.91. The second-order valence-electron chi connectivity index (χ2n) is 7.16. The molecule has 1 aliphatic rings. The maximum atomic E-state index is 12.5. The average molecular weight is 448 g/mol. The van der Waals surface area contributed by atoms with Crippen LogP contribution in [0.15, 0.2) is 72.8 Å². The van der Waals surface area contributed by atoms with Gasteiger partial charge >= 0.3 is 6.09 Å². The van der Waals surface area contributed by atoms with Crippen molar-refractivity contribution >= 4 is 39.2 Å². The summed E-state index contributed by atoms with van der Waals surface area (Å²) in [6, 6.07) is 23.7. The molecule has 31 heavy (non-hydrogen) atoms. The van der Waals surface area contributed by atoms with Crippen molar-refractivity contribution in [3.63, 3.8) is 0 Å². The summed E-state index contributed by atoms with van der Waals surface area (Å²) in [7, 11) is 0. The fourth-order valence-electron chi connectivity index (χ4n) is 3.95. The van der Waals surface area contributed by atoms with Crippen molar-refractivity contribution in [3.8, 4) is 22.4 Å². The Kier molecular flexibility index (Phi) is 5.10. The minimum absolute atomic E-state index is 0.00167. The molecule has 1 amide bonds. The van der Waals surface area contributed by atoms with Crippen molar-refractivity contribution in [2.45, 2.75) is 5.92 Å². The van der Waals surface area contributed by atoms with Gasteiger partial charge in [0.05, 0.1) is 5.02 Å². The maximum Gasteiger partial charge on any atom is 0.413 e. The van der Waals surface area contributed by atoms with E-state index >= 15 is 0 Å². The van der Waals surface area contributed by atoms with Gasteiger partial charge in [-0.25, -0.2) is 9.78 Å². The van der Waals surface area contributed by atoms with Crippen LogP contribution in [0.1, 0.15) is 17.0 Å². The lowest BCUT2D eigenvalue weighted by Crippen LogP contribution is -2.17. The van der Waals surface area contributed by atoms with Gasteiger partial charge in [0.2, 0.25) is 0 Å². The Bertz CT molecular complexity index is 1240. The van der Waals surface area contributed by atoms with Gasteiger partial charge in [-0.2, -0.15) is 0 Å². The standard InChI is InChI=1S/C24H18ClN3O2S/c25-20-12-6-5-11-18(20)21-22(26)31-23(27-21)28-24(29)30-13-19-16-9-3-1-7-14(16)15-8-2-4-10-17(15)19/h1-12,19H,13,26H2,(H,27,28,29). The SMILES string of the molecule is Nc1sc(NC(=O)OCC2c3ccccc3-c3ccccc32)nc1-c1ccccc1Cl. The van der Waals surface area contributed by atoms with Crippen LogP contribution < -0.4 is 11.1 Å². The zero-order valence-electron chi connectivity index (χ0n) is 16.3. The molecule has 3 aromatic carbocycles. The van der Waals surface area contributed by atoms with E-state index in [1.807, 2.05) is 42.5 Å².